The highest BCUT2D eigenvalue weighted by Gasteiger charge is 2.04. The minimum atomic E-state index is -0.247. The van der Waals surface area contributed by atoms with Crippen molar-refractivity contribution < 1.29 is 9.53 Å². The molecule has 0 spiro atoms. The predicted octanol–water partition coefficient (Wildman–Crippen LogP) is 3.97. The summed E-state index contributed by atoms with van der Waals surface area (Å²) < 4.78 is 5.34. The van der Waals surface area contributed by atoms with E-state index < -0.39 is 0 Å². The molecule has 0 fully saturated rings. The zero-order valence-corrected chi connectivity index (χ0v) is 13.7. The monoisotopic (exact) mass is 310 g/mol. The van der Waals surface area contributed by atoms with E-state index >= 15 is 0 Å². The Balaban J connectivity index is 1.92. The van der Waals surface area contributed by atoms with Gasteiger partial charge < -0.3 is 4.74 Å². The van der Waals surface area contributed by atoms with Gasteiger partial charge in [-0.15, -0.1) is 0 Å². The van der Waals surface area contributed by atoms with Crippen LogP contribution in [0.2, 0.25) is 0 Å². The number of nitrogens with one attached hydrogen (secondary N) is 1. The first kappa shape index (κ1) is 16.7. The first-order valence-corrected chi connectivity index (χ1v) is 7.76. The number of hydrogen-bond donors (Lipinski definition) is 1. The van der Waals surface area contributed by atoms with Gasteiger partial charge in [-0.3, -0.25) is 4.79 Å². The summed E-state index contributed by atoms with van der Waals surface area (Å²) in [4.78, 5) is 12.0. The van der Waals surface area contributed by atoms with Gasteiger partial charge in [-0.1, -0.05) is 38.1 Å². The molecule has 0 saturated carbocycles. The lowest BCUT2D eigenvalue weighted by atomic mass is 10.0. The minimum absolute atomic E-state index is 0.247. The van der Waals surface area contributed by atoms with Gasteiger partial charge in [0.1, 0.15) is 5.75 Å². The number of amides is 1. The lowest BCUT2D eigenvalue weighted by Gasteiger charge is -2.05. The lowest BCUT2D eigenvalue weighted by molar-refractivity contribution is 0.0955. The Morgan fingerprint density at radius 3 is 2.35 bits per heavy atom. The minimum Gasteiger partial charge on any atom is -0.494 e. The van der Waals surface area contributed by atoms with E-state index in [2.05, 4.69) is 36.5 Å². The number of rotatable bonds is 6. The topological polar surface area (TPSA) is 50.7 Å². The lowest BCUT2D eigenvalue weighted by Crippen LogP contribution is -2.17. The van der Waals surface area contributed by atoms with Crippen LogP contribution in [0.4, 0.5) is 0 Å². The summed E-state index contributed by atoms with van der Waals surface area (Å²) in [5.41, 5.74) is 5.29. The molecule has 4 heteroatoms. The van der Waals surface area contributed by atoms with E-state index in [9.17, 15) is 4.79 Å². The summed E-state index contributed by atoms with van der Waals surface area (Å²) in [6.07, 6.45) is 1.64. The zero-order chi connectivity index (χ0) is 16.7. The van der Waals surface area contributed by atoms with Crippen molar-refractivity contribution in [2.24, 2.45) is 5.10 Å². The molecule has 1 amide bonds. The third-order valence-electron chi connectivity index (χ3n) is 3.41. The van der Waals surface area contributed by atoms with Crippen molar-refractivity contribution in [3.63, 3.8) is 0 Å². The SMILES string of the molecule is CCOc1ccc(C(=O)N/N=C/c2ccc(C(C)C)cc2)cc1. The predicted molar refractivity (Wildman–Crippen MR) is 93.2 cm³/mol. The van der Waals surface area contributed by atoms with E-state index in [1.165, 1.54) is 5.56 Å². The smallest absolute Gasteiger partial charge is 0.271 e. The fraction of sp³-hybridized carbons (Fsp3) is 0.263. The van der Waals surface area contributed by atoms with Gasteiger partial charge in [0.15, 0.2) is 0 Å². The number of hydrazone groups is 1. The standard InChI is InChI=1S/C19H22N2O2/c1-4-23-18-11-9-17(10-12-18)19(22)21-20-13-15-5-7-16(8-6-15)14(2)3/h5-14H,4H2,1-3H3,(H,21,22)/b20-13+. The molecule has 120 valence electrons. The van der Waals surface area contributed by atoms with E-state index in [0.717, 1.165) is 11.3 Å². The average molecular weight is 310 g/mol. The quantitative estimate of drug-likeness (QED) is 0.648. The van der Waals surface area contributed by atoms with Gasteiger partial charge in [0, 0.05) is 5.56 Å². The van der Waals surface area contributed by atoms with Crippen molar-refractivity contribution in [1.82, 2.24) is 5.43 Å². The fourth-order valence-electron chi connectivity index (χ4n) is 2.07. The Morgan fingerprint density at radius 1 is 1.13 bits per heavy atom. The molecule has 2 rings (SSSR count). The highest BCUT2D eigenvalue weighted by atomic mass is 16.5. The van der Waals surface area contributed by atoms with E-state index in [4.69, 9.17) is 4.74 Å². The van der Waals surface area contributed by atoms with E-state index in [0.29, 0.717) is 18.1 Å². The van der Waals surface area contributed by atoms with Crippen LogP contribution < -0.4 is 10.2 Å². The molecule has 0 atom stereocenters. The van der Waals surface area contributed by atoms with Crippen LogP contribution >= 0.6 is 0 Å². The van der Waals surface area contributed by atoms with Crippen molar-refractivity contribution in [1.29, 1.82) is 0 Å². The maximum atomic E-state index is 12.0. The Morgan fingerprint density at radius 2 is 1.78 bits per heavy atom. The normalized spacial score (nSPS) is 11.0. The van der Waals surface area contributed by atoms with Crippen molar-refractivity contribution in [2.45, 2.75) is 26.7 Å². The summed E-state index contributed by atoms with van der Waals surface area (Å²) in [6.45, 7) is 6.83. The maximum Gasteiger partial charge on any atom is 0.271 e. The molecule has 0 aromatic heterocycles. The van der Waals surface area contributed by atoms with Gasteiger partial charge >= 0.3 is 0 Å². The Bertz CT molecular complexity index is 659. The summed E-state index contributed by atoms with van der Waals surface area (Å²) in [5.74, 6) is 1.00. The van der Waals surface area contributed by atoms with Gasteiger partial charge in [-0.25, -0.2) is 5.43 Å². The molecule has 0 heterocycles. The van der Waals surface area contributed by atoms with Gasteiger partial charge in [-0.2, -0.15) is 5.10 Å². The van der Waals surface area contributed by atoms with E-state index in [1.54, 1.807) is 30.5 Å². The van der Waals surface area contributed by atoms with Crippen molar-refractivity contribution >= 4 is 12.1 Å². The molecule has 2 aromatic carbocycles. The van der Waals surface area contributed by atoms with Crippen LogP contribution in [-0.2, 0) is 0 Å². The molecule has 1 N–H and O–H groups in total. The number of hydrogen-bond acceptors (Lipinski definition) is 3. The molecular formula is C19H22N2O2. The average Bonchev–Trinajstić information content (AvgIpc) is 2.56. The number of benzene rings is 2. The van der Waals surface area contributed by atoms with Gasteiger partial charge in [0.25, 0.3) is 5.91 Å². The molecular weight excluding hydrogens is 288 g/mol. The van der Waals surface area contributed by atoms with Crippen molar-refractivity contribution in [2.75, 3.05) is 6.61 Å². The molecule has 0 bridgehead atoms. The Hall–Kier alpha value is -2.62. The third kappa shape index (κ3) is 4.95. The number of nitrogens with zero attached hydrogens (tertiary/aromatic N) is 1. The second-order valence-corrected chi connectivity index (χ2v) is 5.48. The summed E-state index contributed by atoms with van der Waals surface area (Å²) in [7, 11) is 0. The number of carbonyl (C=O) groups is 1. The van der Waals surface area contributed by atoms with Crippen LogP contribution in [0.15, 0.2) is 53.6 Å². The van der Waals surface area contributed by atoms with Crippen LogP contribution in [0, 0.1) is 0 Å². The summed E-state index contributed by atoms with van der Waals surface area (Å²) >= 11 is 0. The van der Waals surface area contributed by atoms with Gasteiger partial charge in [0.2, 0.25) is 0 Å². The molecule has 0 saturated heterocycles. The van der Waals surface area contributed by atoms with Crippen molar-refractivity contribution in [3.05, 3.63) is 65.2 Å². The van der Waals surface area contributed by atoms with E-state index in [-0.39, 0.29) is 5.91 Å². The maximum absolute atomic E-state index is 12.0. The first-order valence-electron chi connectivity index (χ1n) is 7.76. The van der Waals surface area contributed by atoms with Crippen LogP contribution in [-0.4, -0.2) is 18.7 Å². The number of ether oxygens (including phenoxy) is 1. The van der Waals surface area contributed by atoms with Crippen molar-refractivity contribution in [3.8, 4) is 5.75 Å². The molecule has 4 nitrogen and oxygen atoms in total. The van der Waals surface area contributed by atoms with Crippen LogP contribution in [0.1, 0.15) is 48.2 Å². The molecule has 0 aliphatic heterocycles. The summed E-state index contributed by atoms with van der Waals surface area (Å²) in [5, 5.41) is 4.00. The number of carbonyl (C=O) groups excluding carboxylic acids is 1. The molecule has 23 heavy (non-hydrogen) atoms. The Kier molecular flexibility index (Phi) is 5.92. The second-order valence-electron chi connectivity index (χ2n) is 5.48. The highest BCUT2D eigenvalue weighted by molar-refractivity contribution is 5.94. The van der Waals surface area contributed by atoms with E-state index in [1.807, 2.05) is 19.1 Å². The fourth-order valence-corrected chi connectivity index (χ4v) is 2.07. The van der Waals surface area contributed by atoms with Gasteiger partial charge in [0.05, 0.1) is 12.8 Å². The molecule has 0 aliphatic rings. The largest absolute Gasteiger partial charge is 0.494 e. The molecule has 0 radical (unpaired) electrons. The van der Waals surface area contributed by atoms with Crippen LogP contribution in [0.5, 0.6) is 5.75 Å². The molecule has 0 aliphatic carbocycles. The highest BCUT2D eigenvalue weighted by Crippen LogP contribution is 2.14. The summed E-state index contributed by atoms with van der Waals surface area (Å²) in [6, 6.07) is 15.1. The Labute approximate surface area is 137 Å². The van der Waals surface area contributed by atoms with Crippen LogP contribution in [0.3, 0.4) is 0 Å². The zero-order valence-electron chi connectivity index (χ0n) is 13.7. The van der Waals surface area contributed by atoms with Crippen LogP contribution in [0.25, 0.3) is 0 Å². The molecule has 2 aromatic rings. The van der Waals surface area contributed by atoms with Gasteiger partial charge in [-0.05, 0) is 48.2 Å². The first-order chi connectivity index (χ1) is 11.1. The molecule has 0 unspecified atom stereocenters. The second kappa shape index (κ2) is 8.13. The third-order valence-corrected chi connectivity index (χ3v) is 3.41.